The molecule has 0 saturated heterocycles. The van der Waals surface area contributed by atoms with Gasteiger partial charge in [0, 0.05) is 0 Å². The average molecular weight is 284 g/mol. The first-order valence-corrected chi connectivity index (χ1v) is 8.29. The van der Waals surface area contributed by atoms with Crippen LogP contribution in [0.2, 0.25) is 0 Å². The Morgan fingerprint density at radius 2 is 1.74 bits per heavy atom. The van der Waals surface area contributed by atoms with E-state index >= 15 is 0 Å². The molecule has 1 unspecified atom stereocenters. The molecule has 1 atom stereocenters. The van der Waals surface area contributed by atoms with Crippen molar-refractivity contribution in [1.29, 1.82) is 0 Å². The third kappa shape index (κ3) is 4.96. The van der Waals surface area contributed by atoms with Crippen molar-refractivity contribution in [2.75, 3.05) is 0 Å². The van der Waals surface area contributed by atoms with Gasteiger partial charge in [-0.25, -0.2) is 8.42 Å². The van der Waals surface area contributed by atoms with Gasteiger partial charge in [0.1, 0.15) is 0 Å². The van der Waals surface area contributed by atoms with Gasteiger partial charge in [0.05, 0.1) is 10.5 Å². The molecule has 0 aliphatic rings. The maximum absolute atomic E-state index is 12.6. The minimum absolute atomic E-state index is 0.334. The lowest BCUT2D eigenvalue weighted by atomic mass is 10.2. The standard InChI is InChI=1S/C15H24O3S/c1-5-6-12-14(18-15(2,3)4)19(16,17)13-10-8-7-9-11-13/h7-11,14H,5-6,12H2,1-4H3. The third-order valence-electron chi connectivity index (χ3n) is 2.70. The average Bonchev–Trinajstić information content (AvgIpc) is 2.34. The van der Waals surface area contributed by atoms with Crippen molar-refractivity contribution in [3.63, 3.8) is 0 Å². The summed E-state index contributed by atoms with van der Waals surface area (Å²) in [6.07, 6.45) is 2.33. The van der Waals surface area contributed by atoms with Crippen molar-refractivity contribution in [3.05, 3.63) is 30.3 Å². The highest BCUT2D eigenvalue weighted by Gasteiger charge is 2.31. The summed E-state index contributed by atoms with van der Waals surface area (Å²) in [7, 11) is -3.43. The first kappa shape index (κ1) is 16.2. The Labute approximate surface area is 116 Å². The molecule has 0 aliphatic heterocycles. The van der Waals surface area contributed by atoms with Gasteiger partial charge in [-0.05, 0) is 39.3 Å². The van der Waals surface area contributed by atoms with E-state index in [4.69, 9.17) is 4.74 Å². The zero-order chi connectivity index (χ0) is 14.5. The van der Waals surface area contributed by atoms with Gasteiger partial charge in [-0.2, -0.15) is 0 Å². The molecule has 1 aromatic rings. The number of hydrogen-bond donors (Lipinski definition) is 0. The fourth-order valence-electron chi connectivity index (χ4n) is 1.80. The molecule has 3 nitrogen and oxygen atoms in total. The molecule has 1 rings (SSSR count). The van der Waals surface area contributed by atoms with E-state index in [1.807, 2.05) is 33.8 Å². The Kier molecular flexibility index (Phi) is 5.56. The van der Waals surface area contributed by atoms with Crippen LogP contribution in [-0.4, -0.2) is 19.5 Å². The number of sulfone groups is 1. The summed E-state index contributed by atoms with van der Waals surface area (Å²) in [6, 6.07) is 8.53. The fraction of sp³-hybridized carbons (Fsp3) is 0.600. The predicted molar refractivity (Wildman–Crippen MR) is 77.8 cm³/mol. The van der Waals surface area contributed by atoms with Crippen molar-refractivity contribution < 1.29 is 13.2 Å². The number of hydrogen-bond acceptors (Lipinski definition) is 3. The number of unbranched alkanes of at least 4 members (excludes halogenated alkanes) is 1. The highest BCUT2D eigenvalue weighted by atomic mass is 32.2. The summed E-state index contributed by atoms with van der Waals surface area (Å²) in [6.45, 7) is 7.69. The minimum atomic E-state index is -3.43. The molecule has 108 valence electrons. The van der Waals surface area contributed by atoms with E-state index in [0.717, 1.165) is 12.8 Å². The van der Waals surface area contributed by atoms with Crippen LogP contribution in [0.4, 0.5) is 0 Å². The van der Waals surface area contributed by atoms with Crippen LogP contribution in [0.5, 0.6) is 0 Å². The summed E-state index contributed by atoms with van der Waals surface area (Å²) in [5.74, 6) is 0. The summed E-state index contributed by atoms with van der Waals surface area (Å²) in [5, 5.41) is 0. The van der Waals surface area contributed by atoms with Crippen LogP contribution < -0.4 is 0 Å². The van der Waals surface area contributed by atoms with Crippen molar-refractivity contribution in [2.45, 2.75) is 62.9 Å². The topological polar surface area (TPSA) is 43.4 Å². The van der Waals surface area contributed by atoms with Crippen molar-refractivity contribution in [2.24, 2.45) is 0 Å². The molecule has 0 bridgehead atoms. The second kappa shape index (κ2) is 6.53. The third-order valence-corrected chi connectivity index (χ3v) is 4.65. The van der Waals surface area contributed by atoms with E-state index in [9.17, 15) is 8.42 Å². The van der Waals surface area contributed by atoms with Crippen molar-refractivity contribution in [1.82, 2.24) is 0 Å². The number of ether oxygens (including phenoxy) is 1. The zero-order valence-electron chi connectivity index (χ0n) is 12.2. The SMILES string of the molecule is CCCCC(OC(C)(C)C)S(=O)(=O)c1ccccc1. The molecular formula is C15H24O3S. The van der Waals surface area contributed by atoms with Gasteiger partial charge in [-0.1, -0.05) is 38.0 Å². The van der Waals surface area contributed by atoms with Gasteiger partial charge in [0.2, 0.25) is 9.84 Å². The molecular weight excluding hydrogens is 260 g/mol. The van der Waals surface area contributed by atoms with Crippen LogP contribution in [0.3, 0.4) is 0 Å². The summed E-state index contributed by atoms with van der Waals surface area (Å²) in [5.41, 5.74) is -1.24. The Morgan fingerprint density at radius 1 is 1.16 bits per heavy atom. The van der Waals surface area contributed by atoms with Gasteiger partial charge in [0.25, 0.3) is 0 Å². The Bertz CT molecular complexity index is 472. The van der Waals surface area contributed by atoms with E-state index in [1.165, 1.54) is 0 Å². The molecule has 0 spiro atoms. The Balaban J connectivity index is 3.02. The van der Waals surface area contributed by atoms with Crippen LogP contribution in [0, 0.1) is 0 Å². The highest BCUT2D eigenvalue weighted by molar-refractivity contribution is 7.91. The molecule has 0 amide bonds. The lowest BCUT2D eigenvalue weighted by Crippen LogP contribution is -2.33. The molecule has 0 saturated carbocycles. The molecule has 0 aromatic heterocycles. The smallest absolute Gasteiger partial charge is 0.205 e. The van der Waals surface area contributed by atoms with Crippen LogP contribution in [0.25, 0.3) is 0 Å². The molecule has 0 N–H and O–H groups in total. The second-order valence-electron chi connectivity index (χ2n) is 5.66. The zero-order valence-corrected chi connectivity index (χ0v) is 13.0. The van der Waals surface area contributed by atoms with Crippen LogP contribution in [0.15, 0.2) is 35.2 Å². The van der Waals surface area contributed by atoms with Gasteiger partial charge in [-0.3, -0.25) is 0 Å². The van der Waals surface area contributed by atoms with Crippen LogP contribution in [-0.2, 0) is 14.6 Å². The summed E-state index contributed by atoms with van der Waals surface area (Å²) < 4.78 is 31.0. The molecule has 1 aromatic carbocycles. The maximum atomic E-state index is 12.6. The Morgan fingerprint density at radius 3 is 2.21 bits per heavy atom. The molecule has 0 heterocycles. The largest absolute Gasteiger partial charge is 0.356 e. The van der Waals surface area contributed by atoms with E-state index < -0.39 is 20.9 Å². The maximum Gasteiger partial charge on any atom is 0.205 e. The van der Waals surface area contributed by atoms with Crippen molar-refractivity contribution >= 4 is 9.84 Å². The van der Waals surface area contributed by atoms with Crippen LogP contribution >= 0.6 is 0 Å². The molecule has 19 heavy (non-hydrogen) atoms. The fourth-order valence-corrected chi connectivity index (χ4v) is 3.54. The van der Waals surface area contributed by atoms with Gasteiger partial charge >= 0.3 is 0 Å². The van der Waals surface area contributed by atoms with E-state index in [2.05, 4.69) is 0 Å². The molecule has 0 fully saturated rings. The summed E-state index contributed by atoms with van der Waals surface area (Å²) in [4.78, 5) is 0.334. The van der Waals surface area contributed by atoms with Crippen molar-refractivity contribution in [3.8, 4) is 0 Å². The highest BCUT2D eigenvalue weighted by Crippen LogP contribution is 2.25. The quantitative estimate of drug-likeness (QED) is 0.798. The molecule has 4 heteroatoms. The molecule has 0 radical (unpaired) electrons. The summed E-state index contributed by atoms with van der Waals surface area (Å²) >= 11 is 0. The normalized spacial score (nSPS) is 14.3. The van der Waals surface area contributed by atoms with E-state index in [0.29, 0.717) is 11.3 Å². The van der Waals surface area contributed by atoms with Crippen LogP contribution in [0.1, 0.15) is 47.0 Å². The van der Waals surface area contributed by atoms with E-state index in [-0.39, 0.29) is 0 Å². The predicted octanol–water partition coefficient (Wildman–Crippen LogP) is 3.79. The lowest BCUT2D eigenvalue weighted by Gasteiger charge is -2.27. The molecule has 0 aliphatic carbocycles. The van der Waals surface area contributed by atoms with E-state index in [1.54, 1.807) is 24.3 Å². The lowest BCUT2D eigenvalue weighted by molar-refractivity contribution is -0.0267. The first-order valence-electron chi connectivity index (χ1n) is 6.74. The second-order valence-corrected chi connectivity index (χ2v) is 7.75. The van der Waals surface area contributed by atoms with Gasteiger partial charge in [-0.15, -0.1) is 0 Å². The minimum Gasteiger partial charge on any atom is -0.356 e. The first-order chi connectivity index (χ1) is 8.77. The Hall–Kier alpha value is -0.870. The number of rotatable bonds is 6. The van der Waals surface area contributed by atoms with Gasteiger partial charge in [0.15, 0.2) is 5.44 Å². The van der Waals surface area contributed by atoms with Gasteiger partial charge < -0.3 is 4.74 Å². The monoisotopic (exact) mass is 284 g/mol. The number of benzene rings is 1.